The number of carbonyl (C=O) groups is 7. The van der Waals surface area contributed by atoms with Crippen molar-refractivity contribution in [1.29, 1.82) is 0 Å². The fourth-order valence-corrected chi connectivity index (χ4v) is 4.08. The zero-order valence-corrected chi connectivity index (χ0v) is 24.7. The van der Waals surface area contributed by atoms with Crippen LogP contribution in [0.5, 0.6) is 0 Å². The van der Waals surface area contributed by atoms with Crippen LogP contribution >= 0.6 is 0 Å². The van der Waals surface area contributed by atoms with Crippen LogP contribution in [0.3, 0.4) is 0 Å². The number of amides is 6. The first kappa shape index (κ1) is 34.7. The van der Waals surface area contributed by atoms with Crippen molar-refractivity contribution in [2.45, 2.75) is 25.7 Å². The second-order valence-electron chi connectivity index (χ2n) is 10.0. The molecule has 0 aliphatic carbocycles. The molecule has 0 bridgehead atoms. The molecule has 6 amide bonds. The molecule has 2 aromatic carbocycles. The summed E-state index contributed by atoms with van der Waals surface area (Å²) >= 11 is 0. The number of nitrogens with zero attached hydrogens (tertiary/aromatic N) is 3. The van der Waals surface area contributed by atoms with Gasteiger partial charge in [0, 0.05) is 29.9 Å². The molecule has 1 heterocycles. The number of carbonyl (C=O) groups excluding carboxylic acids is 6. The SMILES string of the molecule is NCC[C@@H](CCCC(=O)NCC(=O)NCC(=O)Nc1ccc(/N=N/c2ccc(NC(=O)CN3C(=O)C=CC3=O)cc2)cc1)C(=O)O. The first-order valence-corrected chi connectivity index (χ1v) is 14.3. The topological polar surface area (TPSA) is 242 Å². The number of anilines is 2. The molecule has 0 radical (unpaired) electrons. The lowest BCUT2D eigenvalue weighted by atomic mass is 9.98. The van der Waals surface area contributed by atoms with Gasteiger partial charge in [-0.1, -0.05) is 0 Å². The van der Waals surface area contributed by atoms with Crippen molar-refractivity contribution in [2.24, 2.45) is 21.9 Å². The van der Waals surface area contributed by atoms with E-state index in [9.17, 15) is 33.6 Å². The Balaban J connectivity index is 1.34. The Morgan fingerprint density at radius 3 is 1.74 bits per heavy atom. The molecular weight excluding hydrogens is 600 g/mol. The molecule has 1 aliphatic rings. The third-order valence-corrected chi connectivity index (χ3v) is 6.50. The lowest BCUT2D eigenvalue weighted by Gasteiger charge is -2.13. The molecule has 2 aromatic rings. The highest BCUT2D eigenvalue weighted by Crippen LogP contribution is 2.22. The maximum Gasteiger partial charge on any atom is 0.306 e. The van der Waals surface area contributed by atoms with Gasteiger partial charge in [0.15, 0.2) is 0 Å². The summed E-state index contributed by atoms with van der Waals surface area (Å²) in [4.78, 5) is 83.3. The van der Waals surface area contributed by atoms with Crippen molar-refractivity contribution >= 4 is 64.2 Å². The number of hydrogen-bond donors (Lipinski definition) is 6. The van der Waals surface area contributed by atoms with E-state index in [4.69, 9.17) is 10.8 Å². The highest BCUT2D eigenvalue weighted by Gasteiger charge is 2.25. The van der Waals surface area contributed by atoms with E-state index >= 15 is 0 Å². The molecule has 0 unspecified atom stereocenters. The van der Waals surface area contributed by atoms with Gasteiger partial charge in [-0.05, 0) is 74.3 Å². The minimum absolute atomic E-state index is 0.0662. The second kappa shape index (κ2) is 17.5. The Hall–Kier alpha value is -5.77. The Bertz CT molecular complexity index is 1490. The number of carboxylic acids is 1. The summed E-state index contributed by atoms with van der Waals surface area (Å²) in [7, 11) is 0. The van der Waals surface area contributed by atoms with Gasteiger partial charge in [0.1, 0.15) is 6.54 Å². The third kappa shape index (κ3) is 11.7. The Morgan fingerprint density at radius 1 is 0.717 bits per heavy atom. The molecule has 1 aliphatic heterocycles. The smallest absolute Gasteiger partial charge is 0.306 e. The van der Waals surface area contributed by atoms with E-state index in [-0.39, 0.29) is 26.1 Å². The van der Waals surface area contributed by atoms with Crippen LogP contribution in [0.2, 0.25) is 0 Å². The van der Waals surface area contributed by atoms with Gasteiger partial charge in [-0.3, -0.25) is 38.5 Å². The van der Waals surface area contributed by atoms with Crippen LogP contribution in [0.1, 0.15) is 25.7 Å². The molecule has 0 fully saturated rings. The first-order chi connectivity index (χ1) is 22.0. The van der Waals surface area contributed by atoms with Crippen LogP contribution in [0.15, 0.2) is 70.9 Å². The molecule has 16 heteroatoms. The Kier molecular flexibility index (Phi) is 13.2. The second-order valence-corrected chi connectivity index (χ2v) is 10.0. The van der Waals surface area contributed by atoms with Crippen LogP contribution in [0, 0.1) is 5.92 Å². The number of nitrogens with one attached hydrogen (secondary N) is 4. The summed E-state index contributed by atoms with van der Waals surface area (Å²) in [6.45, 7) is -0.797. The summed E-state index contributed by atoms with van der Waals surface area (Å²) in [5.74, 6) is -4.63. The number of nitrogens with two attached hydrogens (primary N) is 1. The standard InChI is InChI=1S/C30H34N8O8/c31-15-14-19(30(45)46)2-1-3-24(39)32-16-25(40)33-17-26(41)34-20-4-8-22(9-5-20)36-37-23-10-6-21(7-11-23)35-27(42)18-38-28(43)12-13-29(38)44/h4-13,19H,1-3,14-18,31H2,(H,32,39)(H,33,40)(H,34,41)(H,35,42)(H,45,46)/b37-36+/t19-/m1/s1. The Morgan fingerprint density at radius 2 is 1.22 bits per heavy atom. The number of hydrogen-bond acceptors (Lipinski definition) is 10. The summed E-state index contributed by atoms with van der Waals surface area (Å²) < 4.78 is 0. The normalized spacial score (nSPS) is 13.0. The predicted molar refractivity (Wildman–Crippen MR) is 165 cm³/mol. The minimum atomic E-state index is -0.955. The van der Waals surface area contributed by atoms with Crippen molar-refractivity contribution in [3.05, 3.63) is 60.7 Å². The van der Waals surface area contributed by atoms with E-state index in [0.29, 0.717) is 42.0 Å². The molecular formula is C30H34N8O8. The first-order valence-electron chi connectivity index (χ1n) is 14.3. The predicted octanol–water partition coefficient (Wildman–Crippen LogP) is 1.36. The molecule has 7 N–H and O–H groups in total. The van der Waals surface area contributed by atoms with Crippen molar-refractivity contribution < 1.29 is 38.7 Å². The fraction of sp³-hybridized carbons (Fsp3) is 0.300. The number of rotatable bonds is 17. The summed E-state index contributed by atoms with van der Waals surface area (Å²) in [5, 5.41) is 27.4. The van der Waals surface area contributed by atoms with E-state index < -0.39 is 53.9 Å². The van der Waals surface area contributed by atoms with E-state index in [1.165, 1.54) is 0 Å². The third-order valence-electron chi connectivity index (χ3n) is 6.50. The van der Waals surface area contributed by atoms with Crippen LogP contribution in [-0.2, 0) is 33.6 Å². The van der Waals surface area contributed by atoms with Crippen LogP contribution in [-0.4, -0.2) is 77.6 Å². The van der Waals surface area contributed by atoms with E-state index in [2.05, 4.69) is 31.5 Å². The van der Waals surface area contributed by atoms with E-state index in [1.54, 1.807) is 48.5 Å². The van der Waals surface area contributed by atoms with Gasteiger partial charge in [0.05, 0.1) is 30.4 Å². The highest BCUT2D eigenvalue weighted by molar-refractivity contribution is 6.15. The molecule has 46 heavy (non-hydrogen) atoms. The summed E-state index contributed by atoms with van der Waals surface area (Å²) in [6.07, 6.45) is 3.25. The van der Waals surface area contributed by atoms with Gasteiger partial charge >= 0.3 is 5.97 Å². The number of benzene rings is 2. The molecule has 242 valence electrons. The van der Waals surface area contributed by atoms with Crippen LogP contribution in [0.25, 0.3) is 0 Å². The molecule has 16 nitrogen and oxygen atoms in total. The zero-order chi connectivity index (χ0) is 33.5. The van der Waals surface area contributed by atoms with Crippen molar-refractivity contribution in [1.82, 2.24) is 15.5 Å². The molecule has 3 rings (SSSR count). The number of imide groups is 1. The average Bonchev–Trinajstić information content (AvgIpc) is 3.34. The fourth-order valence-electron chi connectivity index (χ4n) is 4.08. The van der Waals surface area contributed by atoms with Gasteiger partial charge in [-0.25, -0.2) is 0 Å². The largest absolute Gasteiger partial charge is 0.481 e. The monoisotopic (exact) mass is 634 g/mol. The quantitative estimate of drug-likeness (QED) is 0.109. The highest BCUT2D eigenvalue weighted by atomic mass is 16.4. The van der Waals surface area contributed by atoms with Crippen molar-refractivity contribution in [3.8, 4) is 0 Å². The maximum absolute atomic E-state index is 12.2. The van der Waals surface area contributed by atoms with Gasteiger partial charge in [0.25, 0.3) is 11.8 Å². The zero-order valence-electron chi connectivity index (χ0n) is 24.7. The van der Waals surface area contributed by atoms with Gasteiger partial charge in [-0.2, -0.15) is 10.2 Å². The van der Waals surface area contributed by atoms with Gasteiger partial charge in [0.2, 0.25) is 23.6 Å². The Labute approximate surface area is 263 Å². The average molecular weight is 635 g/mol. The molecule has 0 saturated heterocycles. The van der Waals surface area contributed by atoms with Crippen LogP contribution in [0.4, 0.5) is 22.7 Å². The lowest BCUT2D eigenvalue weighted by Crippen LogP contribution is -2.40. The number of aliphatic carboxylic acids is 1. The van der Waals surface area contributed by atoms with Crippen LogP contribution < -0.4 is 27.0 Å². The van der Waals surface area contributed by atoms with Crippen molar-refractivity contribution in [2.75, 3.05) is 36.8 Å². The van der Waals surface area contributed by atoms with Gasteiger partial charge in [-0.15, -0.1) is 0 Å². The lowest BCUT2D eigenvalue weighted by molar-refractivity contribution is -0.142. The summed E-state index contributed by atoms with van der Waals surface area (Å²) in [6, 6.07) is 12.8. The van der Waals surface area contributed by atoms with E-state index in [1.807, 2.05) is 0 Å². The molecule has 0 saturated carbocycles. The molecule has 0 aromatic heterocycles. The molecule has 0 spiro atoms. The minimum Gasteiger partial charge on any atom is -0.481 e. The van der Waals surface area contributed by atoms with Gasteiger partial charge < -0.3 is 32.1 Å². The number of azo groups is 1. The summed E-state index contributed by atoms with van der Waals surface area (Å²) in [5.41, 5.74) is 7.28. The number of carboxylic acid groups (broad SMARTS) is 1. The molecule has 1 atom stereocenters. The van der Waals surface area contributed by atoms with Crippen molar-refractivity contribution in [3.63, 3.8) is 0 Å². The van der Waals surface area contributed by atoms with E-state index in [0.717, 1.165) is 17.1 Å². The maximum atomic E-state index is 12.2.